The summed E-state index contributed by atoms with van der Waals surface area (Å²) in [7, 11) is -1.68. The van der Waals surface area contributed by atoms with Crippen LogP contribution in [-0.2, 0) is 9.47 Å². The van der Waals surface area contributed by atoms with Crippen molar-refractivity contribution in [1.29, 1.82) is 0 Å². The van der Waals surface area contributed by atoms with Gasteiger partial charge in [0, 0.05) is 13.2 Å². The quantitative estimate of drug-likeness (QED) is 0.0861. The predicted octanol–water partition coefficient (Wildman–Crippen LogP) is 4.89. The average Bonchev–Trinajstić information content (AvgIpc) is 2.95. The summed E-state index contributed by atoms with van der Waals surface area (Å²) in [5.41, 5.74) is 0. The molecule has 0 aromatic heterocycles. The molecule has 0 heterocycles. The molecule has 0 fully saturated rings. The van der Waals surface area contributed by atoms with Crippen LogP contribution in [0.5, 0.6) is 0 Å². The molecule has 0 aliphatic heterocycles. The van der Waals surface area contributed by atoms with Crippen LogP contribution in [0.25, 0.3) is 0 Å². The molecular formula is C33H46IO2P. The SMILES string of the molecule is CCCOC(CCCCCCCC[P+](c1ccccc1)(c1ccccc1)c1ccccc1)OCCC.[I-]. The van der Waals surface area contributed by atoms with E-state index >= 15 is 0 Å². The second-order valence-electron chi connectivity index (χ2n) is 9.62. The largest absolute Gasteiger partial charge is 1.00 e. The molecule has 3 aromatic rings. The molecular weight excluding hydrogens is 586 g/mol. The highest BCUT2D eigenvalue weighted by Crippen LogP contribution is 2.56. The van der Waals surface area contributed by atoms with E-state index in [1.165, 1.54) is 60.6 Å². The molecule has 0 amide bonds. The fourth-order valence-electron chi connectivity index (χ4n) is 4.96. The third kappa shape index (κ3) is 10.1. The molecule has 0 saturated heterocycles. The van der Waals surface area contributed by atoms with Gasteiger partial charge < -0.3 is 33.5 Å². The molecule has 202 valence electrons. The predicted molar refractivity (Wildman–Crippen MR) is 159 cm³/mol. The minimum Gasteiger partial charge on any atom is -1.00 e. The second-order valence-corrected chi connectivity index (χ2v) is 13.2. The summed E-state index contributed by atoms with van der Waals surface area (Å²) < 4.78 is 11.8. The van der Waals surface area contributed by atoms with Gasteiger partial charge in [-0.05, 0) is 74.9 Å². The first-order chi connectivity index (χ1) is 17.8. The lowest BCUT2D eigenvalue weighted by atomic mass is 10.1. The molecule has 0 unspecified atom stereocenters. The van der Waals surface area contributed by atoms with Crippen LogP contribution in [0.1, 0.15) is 71.6 Å². The van der Waals surface area contributed by atoms with Crippen LogP contribution in [-0.4, -0.2) is 25.7 Å². The normalized spacial score (nSPS) is 11.4. The van der Waals surface area contributed by atoms with Crippen LogP contribution >= 0.6 is 7.26 Å². The Kier molecular flexibility index (Phi) is 16.3. The number of halogens is 1. The van der Waals surface area contributed by atoms with Crippen LogP contribution in [0.3, 0.4) is 0 Å². The minimum atomic E-state index is -1.68. The van der Waals surface area contributed by atoms with Gasteiger partial charge >= 0.3 is 0 Å². The topological polar surface area (TPSA) is 18.5 Å². The Balaban J connectivity index is 0.00000481. The number of benzene rings is 3. The smallest absolute Gasteiger partial charge is 0.157 e. The van der Waals surface area contributed by atoms with Gasteiger partial charge in [-0.1, -0.05) is 87.7 Å². The maximum Gasteiger partial charge on any atom is 0.157 e. The summed E-state index contributed by atoms with van der Waals surface area (Å²) in [6.45, 7) is 5.90. The molecule has 0 aliphatic carbocycles. The number of ether oxygens (including phenoxy) is 2. The van der Waals surface area contributed by atoms with Crippen molar-refractivity contribution in [3.63, 3.8) is 0 Å². The summed E-state index contributed by atoms with van der Waals surface area (Å²) in [6, 6.07) is 33.8. The lowest BCUT2D eigenvalue weighted by Crippen LogP contribution is -3.00. The molecule has 0 spiro atoms. The number of rotatable bonds is 18. The van der Waals surface area contributed by atoms with Crippen molar-refractivity contribution in [2.45, 2.75) is 77.9 Å². The first kappa shape index (κ1) is 32.0. The highest BCUT2D eigenvalue weighted by atomic mass is 127. The van der Waals surface area contributed by atoms with Crippen molar-refractivity contribution in [3.8, 4) is 0 Å². The number of hydrogen-bond acceptors (Lipinski definition) is 2. The van der Waals surface area contributed by atoms with Crippen LogP contribution in [0.4, 0.5) is 0 Å². The van der Waals surface area contributed by atoms with Crippen molar-refractivity contribution in [3.05, 3.63) is 91.0 Å². The summed E-state index contributed by atoms with van der Waals surface area (Å²) in [4.78, 5) is 0. The van der Waals surface area contributed by atoms with Gasteiger partial charge in [0.25, 0.3) is 0 Å². The van der Waals surface area contributed by atoms with Crippen molar-refractivity contribution in [2.75, 3.05) is 19.4 Å². The maximum absolute atomic E-state index is 5.88. The van der Waals surface area contributed by atoms with Gasteiger partial charge in [-0.15, -0.1) is 0 Å². The molecule has 0 bridgehead atoms. The first-order valence-electron chi connectivity index (χ1n) is 14.1. The zero-order chi connectivity index (χ0) is 25.3. The monoisotopic (exact) mass is 632 g/mol. The van der Waals surface area contributed by atoms with Gasteiger partial charge in [0.05, 0.1) is 6.16 Å². The summed E-state index contributed by atoms with van der Waals surface area (Å²) in [5.74, 6) is 0. The molecule has 0 radical (unpaired) electrons. The fraction of sp³-hybridized carbons (Fsp3) is 0.455. The van der Waals surface area contributed by atoms with E-state index in [-0.39, 0.29) is 30.3 Å². The Morgan fingerprint density at radius 3 is 1.32 bits per heavy atom. The highest BCUT2D eigenvalue weighted by molar-refractivity contribution is 7.95. The maximum atomic E-state index is 5.88. The Morgan fingerprint density at radius 2 is 0.919 bits per heavy atom. The van der Waals surface area contributed by atoms with E-state index in [9.17, 15) is 0 Å². The van der Waals surface area contributed by atoms with Crippen molar-refractivity contribution in [2.24, 2.45) is 0 Å². The minimum absolute atomic E-state index is 0. The lowest BCUT2D eigenvalue weighted by molar-refractivity contribution is -0.146. The van der Waals surface area contributed by atoms with Crippen LogP contribution in [0.2, 0.25) is 0 Å². The van der Waals surface area contributed by atoms with Gasteiger partial charge in [0.2, 0.25) is 0 Å². The summed E-state index contributed by atoms with van der Waals surface area (Å²) >= 11 is 0. The highest BCUT2D eigenvalue weighted by Gasteiger charge is 2.44. The van der Waals surface area contributed by atoms with Crippen molar-refractivity contribution < 1.29 is 33.5 Å². The van der Waals surface area contributed by atoms with Gasteiger partial charge in [0.15, 0.2) is 6.29 Å². The fourth-order valence-corrected chi connectivity index (χ4v) is 9.37. The van der Waals surface area contributed by atoms with E-state index in [4.69, 9.17) is 9.47 Å². The zero-order valence-electron chi connectivity index (χ0n) is 22.9. The van der Waals surface area contributed by atoms with Crippen LogP contribution in [0, 0.1) is 0 Å². The number of hydrogen-bond donors (Lipinski definition) is 0. The van der Waals surface area contributed by atoms with E-state index in [1.807, 2.05) is 0 Å². The van der Waals surface area contributed by atoms with E-state index in [0.717, 1.165) is 32.5 Å². The third-order valence-electron chi connectivity index (χ3n) is 6.79. The first-order valence-corrected chi connectivity index (χ1v) is 16.1. The van der Waals surface area contributed by atoms with Gasteiger partial charge in [-0.25, -0.2) is 0 Å². The van der Waals surface area contributed by atoms with E-state index < -0.39 is 7.26 Å². The second kappa shape index (κ2) is 18.9. The molecule has 0 aliphatic rings. The molecule has 2 nitrogen and oxygen atoms in total. The summed E-state index contributed by atoms with van der Waals surface area (Å²) in [5, 5.41) is 4.48. The lowest BCUT2D eigenvalue weighted by Gasteiger charge is -2.27. The van der Waals surface area contributed by atoms with Gasteiger partial charge in [0.1, 0.15) is 23.2 Å². The average molecular weight is 633 g/mol. The van der Waals surface area contributed by atoms with E-state index in [0.29, 0.717) is 0 Å². The Morgan fingerprint density at radius 1 is 0.541 bits per heavy atom. The molecule has 3 rings (SSSR count). The van der Waals surface area contributed by atoms with Crippen LogP contribution < -0.4 is 39.9 Å². The molecule has 37 heavy (non-hydrogen) atoms. The Hall–Kier alpha value is -1.26. The Bertz CT molecular complexity index is 832. The van der Waals surface area contributed by atoms with E-state index in [1.54, 1.807) is 0 Å². The molecule has 0 atom stereocenters. The summed E-state index contributed by atoms with van der Waals surface area (Å²) in [6.07, 6.45) is 11.9. The van der Waals surface area contributed by atoms with Crippen LogP contribution in [0.15, 0.2) is 91.0 Å². The van der Waals surface area contributed by atoms with E-state index in [2.05, 4.69) is 105 Å². The standard InChI is InChI=1S/C33H46O2P.HI/c1-3-27-34-33(35-28-4-2)26-18-7-5-6-8-19-29-36(30-20-12-9-13-21-30,31-22-14-10-15-23-31)32-24-16-11-17-25-32;/h9-17,20-25,33H,3-8,18-19,26-29H2,1-2H3;1H/q+1;/p-1. The Labute approximate surface area is 243 Å². The zero-order valence-corrected chi connectivity index (χ0v) is 25.9. The molecule has 0 saturated carbocycles. The number of unbranched alkanes of at least 4 members (excludes halogenated alkanes) is 5. The molecule has 3 aromatic carbocycles. The van der Waals surface area contributed by atoms with Crippen molar-refractivity contribution >= 4 is 23.2 Å². The third-order valence-corrected chi connectivity index (χ3v) is 11.3. The van der Waals surface area contributed by atoms with Gasteiger partial charge in [-0.2, -0.15) is 0 Å². The van der Waals surface area contributed by atoms with Gasteiger partial charge in [-0.3, -0.25) is 0 Å². The van der Waals surface area contributed by atoms with Crippen molar-refractivity contribution in [1.82, 2.24) is 0 Å². The molecule has 0 N–H and O–H groups in total. The molecule has 4 heteroatoms.